The van der Waals surface area contributed by atoms with Gasteiger partial charge < -0.3 is 10.4 Å². The molecule has 0 saturated carbocycles. The van der Waals surface area contributed by atoms with E-state index in [0.29, 0.717) is 17.8 Å². The van der Waals surface area contributed by atoms with Crippen LogP contribution in [0.1, 0.15) is 22.5 Å². The molecule has 2 N–H and O–H groups in total. The maximum absolute atomic E-state index is 12.2. The second kappa shape index (κ2) is 6.92. The molecule has 0 fully saturated rings. The van der Waals surface area contributed by atoms with Crippen molar-refractivity contribution in [3.05, 3.63) is 71.9 Å². The summed E-state index contributed by atoms with van der Waals surface area (Å²) in [4.78, 5) is 16.4. The average Bonchev–Trinajstić information content (AvgIpc) is 2.59. The third kappa shape index (κ3) is 3.66. The fourth-order valence-electron chi connectivity index (χ4n) is 2.49. The number of fused-ring (bicyclic) bond motifs is 1. The van der Waals surface area contributed by atoms with E-state index in [-0.39, 0.29) is 11.7 Å². The quantitative estimate of drug-likeness (QED) is 0.711. The van der Waals surface area contributed by atoms with Crippen LogP contribution in [-0.2, 0) is 6.42 Å². The molecule has 2 aromatic carbocycles. The highest BCUT2D eigenvalue weighted by Gasteiger charge is 2.09. The van der Waals surface area contributed by atoms with E-state index in [1.165, 1.54) is 5.56 Å². The van der Waals surface area contributed by atoms with Crippen molar-refractivity contribution in [2.75, 3.05) is 6.54 Å². The van der Waals surface area contributed by atoms with E-state index < -0.39 is 0 Å². The molecule has 3 rings (SSSR count). The zero-order chi connectivity index (χ0) is 16.1. The van der Waals surface area contributed by atoms with Crippen LogP contribution in [0.15, 0.2) is 60.7 Å². The van der Waals surface area contributed by atoms with Crippen LogP contribution in [0, 0.1) is 0 Å². The maximum atomic E-state index is 12.2. The van der Waals surface area contributed by atoms with Gasteiger partial charge in [0.05, 0.1) is 0 Å². The number of benzene rings is 2. The van der Waals surface area contributed by atoms with Crippen LogP contribution in [0.4, 0.5) is 0 Å². The Labute approximate surface area is 134 Å². The molecule has 0 aliphatic rings. The lowest BCUT2D eigenvalue weighted by Gasteiger charge is -2.06. The molecule has 1 heterocycles. The molecule has 0 saturated heterocycles. The maximum Gasteiger partial charge on any atom is 0.269 e. The lowest BCUT2D eigenvalue weighted by atomic mass is 10.1. The van der Waals surface area contributed by atoms with Crippen molar-refractivity contribution in [3.63, 3.8) is 0 Å². The van der Waals surface area contributed by atoms with Gasteiger partial charge in [-0.05, 0) is 30.5 Å². The van der Waals surface area contributed by atoms with E-state index >= 15 is 0 Å². The summed E-state index contributed by atoms with van der Waals surface area (Å²) in [6.07, 6.45) is 1.79. The van der Waals surface area contributed by atoms with Crippen molar-refractivity contribution in [2.45, 2.75) is 12.8 Å². The molecule has 4 nitrogen and oxygen atoms in total. The summed E-state index contributed by atoms with van der Waals surface area (Å²) in [5, 5.41) is 13.5. The Balaban J connectivity index is 1.59. The molecule has 0 unspecified atom stereocenters. The Morgan fingerprint density at radius 1 is 1.00 bits per heavy atom. The van der Waals surface area contributed by atoms with Crippen LogP contribution in [0.3, 0.4) is 0 Å². The lowest BCUT2D eigenvalue weighted by molar-refractivity contribution is 0.0948. The van der Waals surface area contributed by atoms with Gasteiger partial charge in [0.1, 0.15) is 17.0 Å². The Morgan fingerprint density at radius 2 is 1.83 bits per heavy atom. The molecule has 0 aliphatic heterocycles. The van der Waals surface area contributed by atoms with Gasteiger partial charge in [0.25, 0.3) is 5.91 Å². The van der Waals surface area contributed by atoms with Crippen LogP contribution in [0.5, 0.6) is 5.75 Å². The topological polar surface area (TPSA) is 62.2 Å². The first-order chi connectivity index (χ1) is 11.2. The Hall–Kier alpha value is -2.88. The largest absolute Gasteiger partial charge is 0.506 e. The van der Waals surface area contributed by atoms with Crippen molar-refractivity contribution in [2.24, 2.45) is 0 Å². The molecule has 0 bridgehead atoms. The van der Waals surface area contributed by atoms with Crippen LogP contribution in [0.2, 0.25) is 0 Å². The number of para-hydroxylation sites is 1. The van der Waals surface area contributed by atoms with E-state index in [1.807, 2.05) is 24.3 Å². The SMILES string of the molecule is O=C(NCCCc1ccccc1)c1ccc2cccc(O)c2n1. The fourth-order valence-corrected chi connectivity index (χ4v) is 2.49. The van der Waals surface area contributed by atoms with Gasteiger partial charge in [-0.3, -0.25) is 4.79 Å². The van der Waals surface area contributed by atoms with E-state index in [1.54, 1.807) is 24.3 Å². The number of amides is 1. The second-order valence-corrected chi connectivity index (χ2v) is 5.39. The number of aryl methyl sites for hydroxylation is 1. The Kier molecular flexibility index (Phi) is 4.52. The number of nitrogens with one attached hydrogen (secondary N) is 1. The molecule has 0 aliphatic carbocycles. The number of phenolic OH excluding ortho intramolecular Hbond substituents is 1. The molecule has 3 aromatic rings. The van der Waals surface area contributed by atoms with Gasteiger partial charge in [-0.25, -0.2) is 4.98 Å². The summed E-state index contributed by atoms with van der Waals surface area (Å²) < 4.78 is 0. The van der Waals surface area contributed by atoms with E-state index in [9.17, 15) is 9.90 Å². The summed E-state index contributed by atoms with van der Waals surface area (Å²) in [5.41, 5.74) is 2.03. The van der Waals surface area contributed by atoms with Gasteiger partial charge >= 0.3 is 0 Å². The summed E-state index contributed by atoms with van der Waals surface area (Å²) in [6, 6.07) is 18.8. The molecule has 1 amide bonds. The summed E-state index contributed by atoms with van der Waals surface area (Å²) in [6.45, 7) is 0.591. The minimum Gasteiger partial charge on any atom is -0.506 e. The smallest absolute Gasteiger partial charge is 0.269 e. The number of rotatable bonds is 5. The van der Waals surface area contributed by atoms with Crippen LogP contribution < -0.4 is 5.32 Å². The third-order valence-electron chi connectivity index (χ3n) is 3.70. The van der Waals surface area contributed by atoms with Gasteiger partial charge in [0.15, 0.2) is 0 Å². The first kappa shape index (κ1) is 15.0. The first-order valence-electron chi connectivity index (χ1n) is 7.65. The highest BCUT2D eigenvalue weighted by atomic mass is 16.3. The van der Waals surface area contributed by atoms with Crippen LogP contribution in [0.25, 0.3) is 10.9 Å². The summed E-state index contributed by atoms with van der Waals surface area (Å²) in [7, 11) is 0. The van der Waals surface area contributed by atoms with Crippen molar-refractivity contribution in [3.8, 4) is 5.75 Å². The third-order valence-corrected chi connectivity index (χ3v) is 3.70. The van der Waals surface area contributed by atoms with Crippen molar-refractivity contribution in [1.82, 2.24) is 10.3 Å². The van der Waals surface area contributed by atoms with E-state index in [0.717, 1.165) is 18.2 Å². The van der Waals surface area contributed by atoms with Gasteiger partial charge in [-0.15, -0.1) is 0 Å². The number of carbonyl (C=O) groups excluding carboxylic acids is 1. The molecular weight excluding hydrogens is 288 g/mol. The molecule has 0 atom stereocenters. The summed E-state index contributed by atoms with van der Waals surface area (Å²) in [5.74, 6) is -0.135. The zero-order valence-electron chi connectivity index (χ0n) is 12.7. The highest BCUT2D eigenvalue weighted by Crippen LogP contribution is 2.22. The van der Waals surface area contributed by atoms with E-state index in [4.69, 9.17) is 0 Å². The molecule has 1 aromatic heterocycles. The predicted molar refractivity (Wildman–Crippen MR) is 90.5 cm³/mol. The molecule has 0 spiro atoms. The first-order valence-corrected chi connectivity index (χ1v) is 7.65. The number of hydrogen-bond donors (Lipinski definition) is 2. The number of pyridine rings is 1. The highest BCUT2D eigenvalue weighted by molar-refractivity contribution is 5.95. The van der Waals surface area contributed by atoms with Gasteiger partial charge in [-0.2, -0.15) is 0 Å². The molecule has 4 heteroatoms. The molecule has 0 radical (unpaired) electrons. The van der Waals surface area contributed by atoms with Gasteiger partial charge in [0.2, 0.25) is 0 Å². The van der Waals surface area contributed by atoms with Crippen molar-refractivity contribution in [1.29, 1.82) is 0 Å². The summed E-state index contributed by atoms with van der Waals surface area (Å²) >= 11 is 0. The number of hydrogen-bond acceptors (Lipinski definition) is 3. The average molecular weight is 306 g/mol. The molecule has 23 heavy (non-hydrogen) atoms. The molecular formula is C19H18N2O2. The van der Waals surface area contributed by atoms with Gasteiger partial charge in [-0.1, -0.05) is 48.5 Å². The Morgan fingerprint density at radius 3 is 2.65 bits per heavy atom. The number of aromatic nitrogens is 1. The zero-order valence-corrected chi connectivity index (χ0v) is 12.7. The number of aromatic hydroxyl groups is 1. The standard InChI is InChI=1S/C19H18N2O2/c22-17-10-4-9-15-11-12-16(21-18(15)17)19(23)20-13-5-8-14-6-2-1-3-7-14/h1-4,6-7,9-12,22H,5,8,13H2,(H,20,23). The molecule has 116 valence electrons. The normalized spacial score (nSPS) is 10.6. The van der Waals surface area contributed by atoms with Crippen LogP contribution >= 0.6 is 0 Å². The van der Waals surface area contributed by atoms with Crippen molar-refractivity contribution < 1.29 is 9.90 Å². The second-order valence-electron chi connectivity index (χ2n) is 5.39. The lowest BCUT2D eigenvalue weighted by Crippen LogP contribution is -2.25. The predicted octanol–water partition coefficient (Wildman–Crippen LogP) is 3.30. The number of phenols is 1. The Bertz CT molecular complexity index is 816. The van der Waals surface area contributed by atoms with Crippen molar-refractivity contribution >= 4 is 16.8 Å². The number of nitrogens with zero attached hydrogens (tertiary/aromatic N) is 1. The fraction of sp³-hybridized carbons (Fsp3) is 0.158. The number of carbonyl (C=O) groups is 1. The minimum absolute atomic E-state index is 0.0845. The van der Waals surface area contributed by atoms with E-state index in [2.05, 4.69) is 22.4 Å². The monoisotopic (exact) mass is 306 g/mol. The van der Waals surface area contributed by atoms with Crippen LogP contribution in [-0.4, -0.2) is 22.5 Å². The minimum atomic E-state index is -0.219. The van der Waals surface area contributed by atoms with Gasteiger partial charge in [0, 0.05) is 11.9 Å².